The molecule has 3 rings (SSSR count). The lowest BCUT2D eigenvalue weighted by Gasteiger charge is -2.47. The summed E-state index contributed by atoms with van der Waals surface area (Å²) in [6.45, 7) is 11.9. The third-order valence-corrected chi connectivity index (χ3v) is 5.17. The maximum Gasteiger partial charge on any atom is 0.179 e. The lowest BCUT2D eigenvalue weighted by molar-refractivity contribution is 0.0907. The van der Waals surface area contributed by atoms with Crippen LogP contribution in [0.2, 0.25) is 0 Å². The molecule has 0 aromatic heterocycles. The van der Waals surface area contributed by atoms with Crippen LogP contribution in [0.25, 0.3) is 0 Å². The molecule has 1 saturated heterocycles. The second-order valence-electron chi connectivity index (χ2n) is 8.80. The van der Waals surface area contributed by atoms with Gasteiger partial charge in [-0.05, 0) is 77.6 Å². The number of hydrogen-bond donors (Lipinski definition) is 3. The molecule has 0 aliphatic carbocycles. The van der Waals surface area contributed by atoms with Crippen LogP contribution in [0.1, 0.15) is 63.4 Å². The Balaban J connectivity index is 1.68. The summed E-state index contributed by atoms with van der Waals surface area (Å²) in [5, 5.41) is 10.6. The Bertz CT molecular complexity index is 620. The first kappa shape index (κ1) is 17.4. The SMILES string of the molecule is CC(NC1CC(C)(C)NC(C)(C)C1)C(=O)c1ccc2c(c1)CCN2. The molecule has 1 aromatic rings. The second kappa shape index (κ2) is 6.16. The number of Topliss-reactive ketones (excluding diaryl/α,β-unsaturated/α-hetero) is 1. The van der Waals surface area contributed by atoms with Crippen LogP contribution in [0.4, 0.5) is 5.69 Å². The fraction of sp³-hybridized carbons (Fsp3) is 0.650. The van der Waals surface area contributed by atoms with E-state index in [0.29, 0.717) is 6.04 Å². The molecule has 132 valence electrons. The number of piperidine rings is 1. The highest BCUT2D eigenvalue weighted by atomic mass is 16.1. The highest BCUT2D eigenvalue weighted by Crippen LogP contribution is 2.29. The summed E-state index contributed by atoms with van der Waals surface area (Å²) in [6, 6.07) is 6.25. The van der Waals surface area contributed by atoms with Crippen molar-refractivity contribution in [2.24, 2.45) is 0 Å². The fourth-order valence-corrected chi connectivity index (χ4v) is 4.58. The summed E-state index contributed by atoms with van der Waals surface area (Å²) >= 11 is 0. The molecule has 2 heterocycles. The van der Waals surface area contributed by atoms with E-state index in [-0.39, 0.29) is 22.9 Å². The standard InChI is InChI=1S/C20H31N3O/c1-13(22-16-11-19(2,3)23-20(4,5)12-16)18(24)15-6-7-17-14(10-15)8-9-21-17/h6-7,10,13,16,21-23H,8-9,11-12H2,1-5H3. The zero-order valence-electron chi connectivity index (χ0n) is 15.6. The number of ketones is 1. The van der Waals surface area contributed by atoms with Gasteiger partial charge in [0.15, 0.2) is 5.78 Å². The smallest absolute Gasteiger partial charge is 0.179 e. The number of nitrogens with one attached hydrogen (secondary N) is 3. The van der Waals surface area contributed by atoms with Crippen molar-refractivity contribution in [1.29, 1.82) is 0 Å². The molecule has 1 aromatic carbocycles. The molecule has 1 fully saturated rings. The Morgan fingerprint density at radius 2 is 1.88 bits per heavy atom. The molecular formula is C20H31N3O. The number of carbonyl (C=O) groups excluding carboxylic acids is 1. The van der Waals surface area contributed by atoms with E-state index in [1.54, 1.807) is 0 Å². The first-order valence-electron chi connectivity index (χ1n) is 9.12. The van der Waals surface area contributed by atoms with E-state index in [1.165, 1.54) is 11.3 Å². The Morgan fingerprint density at radius 1 is 1.21 bits per heavy atom. The Kier molecular flexibility index (Phi) is 4.47. The zero-order valence-corrected chi connectivity index (χ0v) is 15.6. The second-order valence-corrected chi connectivity index (χ2v) is 8.80. The maximum atomic E-state index is 12.8. The van der Waals surface area contributed by atoms with Crippen molar-refractivity contribution in [3.05, 3.63) is 29.3 Å². The fourth-order valence-electron chi connectivity index (χ4n) is 4.58. The van der Waals surface area contributed by atoms with Crippen LogP contribution in [-0.2, 0) is 6.42 Å². The molecule has 0 amide bonds. The Hall–Kier alpha value is -1.39. The number of fused-ring (bicyclic) bond motifs is 1. The number of rotatable bonds is 4. The molecule has 0 radical (unpaired) electrons. The van der Waals surface area contributed by atoms with Crippen LogP contribution < -0.4 is 16.0 Å². The van der Waals surface area contributed by atoms with E-state index in [1.807, 2.05) is 19.1 Å². The van der Waals surface area contributed by atoms with Gasteiger partial charge in [0, 0.05) is 34.9 Å². The summed E-state index contributed by atoms with van der Waals surface area (Å²) in [4.78, 5) is 12.8. The van der Waals surface area contributed by atoms with E-state index in [9.17, 15) is 4.79 Å². The molecule has 2 aliphatic heterocycles. The highest BCUT2D eigenvalue weighted by Gasteiger charge is 2.38. The lowest BCUT2D eigenvalue weighted by atomic mass is 9.79. The molecule has 1 unspecified atom stereocenters. The van der Waals surface area contributed by atoms with E-state index < -0.39 is 0 Å². The monoisotopic (exact) mass is 329 g/mol. The summed E-state index contributed by atoms with van der Waals surface area (Å²) in [7, 11) is 0. The lowest BCUT2D eigenvalue weighted by Crippen LogP contribution is -2.62. The zero-order chi connectivity index (χ0) is 17.5. The first-order valence-corrected chi connectivity index (χ1v) is 9.12. The van der Waals surface area contributed by atoms with E-state index in [0.717, 1.165) is 31.4 Å². The molecule has 0 spiro atoms. The van der Waals surface area contributed by atoms with Gasteiger partial charge in [0.2, 0.25) is 0 Å². The van der Waals surface area contributed by atoms with Crippen molar-refractivity contribution in [2.75, 3.05) is 11.9 Å². The average molecular weight is 329 g/mol. The minimum Gasteiger partial charge on any atom is -0.384 e. The summed E-state index contributed by atoms with van der Waals surface area (Å²) < 4.78 is 0. The largest absolute Gasteiger partial charge is 0.384 e. The van der Waals surface area contributed by atoms with E-state index in [2.05, 4.69) is 49.7 Å². The molecule has 0 bridgehead atoms. The van der Waals surface area contributed by atoms with Crippen molar-refractivity contribution in [3.63, 3.8) is 0 Å². The van der Waals surface area contributed by atoms with E-state index >= 15 is 0 Å². The summed E-state index contributed by atoms with van der Waals surface area (Å²) in [5.74, 6) is 0.193. The number of carbonyl (C=O) groups is 1. The number of hydrogen-bond acceptors (Lipinski definition) is 4. The van der Waals surface area contributed by atoms with Gasteiger partial charge < -0.3 is 16.0 Å². The molecule has 0 saturated carbocycles. The van der Waals surface area contributed by atoms with Gasteiger partial charge in [-0.1, -0.05) is 0 Å². The van der Waals surface area contributed by atoms with Gasteiger partial charge in [0.25, 0.3) is 0 Å². The topological polar surface area (TPSA) is 53.2 Å². The molecular weight excluding hydrogens is 298 g/mol. The summed E-state index contributed by atoms with van der Waals surface area (Å²) in [5.41, 5.74) is 3.43. The van der Waals surface area contributed by atoms with Crippen LogP contribution in [0.15, 0.2) is 18.2 Å². The van der Waals surface area contributed by atoms with Gasteiger partial charge in [0.1, 0.15) is 0 Å². The molecule has 4 nitrogen and oxygen atoms in total. The van der Waals surface area contributed by atoms with Gasteiger partial charge in [-0.15, -0.1) is 0 Å². The third kappa shape index (κ3) is 3.81. The van der Waals surface area contributed by atoms with Gasteiger partial charge in [-0.25, -0.2) is 0 Å². The number of benzene rings is 1. The van der Waals surface area contributed by atoms with Crippen molar-refractivity contribution in [1.82, 2.24) is 10.6 Å². The van der Waals surface area contributed by atoms with Gasteiger partial charge in [-0.3, -0.25) is 4.79 Å². The average Bonchev–Trinajstić information content (AvgIpc) is 2.90. The molecule has 3 N–H and O–H groups in total. The molecule has 24 heavy (non-hydrogen) atoms. The minimum atomic E-state index is -0.160. The normalized spacial score (nSPS) is 23.4. The van der Waals surface area contributed by atoms with Crippen LogP contribution in [0.3, 0.4) is 0 Å². The van der Waals surface area contributed by atoms with Crippen molar-refractivity contribution in [3.8, 4) is 0 Å². The Labute approximate surface area is 145 Å². The molecule has 4 heteroatoms. The highest BCUT2D eigenvalue weighted by molar-refractivity contribution is 6.00. The summed E-state index contributed by atoms with van der Waals surface area (Å²) in [6.07, 6.45) is 3.07. The van der Waals surface area contributed by atoms with Crippen LogP contribution >= 0.6 is 0 Å². The van der Waals surface area contributed by atoms with Crippen LogP contribution in [-0.4, -0.2) is 35.5 Å². The Morgan fingerprint density at radius 3 is 2.54 bits per heavy atom. The first-order chi connectivity index (χ1) is 11.2. The van der Waals surface area contributed by atoms with E-state index in [4.69, 9.17) is 0 Å². The van der Waals surface area contributed by atoms with Gasteiger partial charge in [-0.2, -0.15) is 0 Å². The quantitative estimate of drug-likeness (QED) is 0.743. The molecule has 2 aliphatic rings. The number of anilines is 1. The minimum absolute atomic E-state index is 0.0847. The third-order valence-electron chi connectivity index (χ3n) is 5.17. The van der Waals surface area contributed by atoms with Crippen molar-refractivity contribution in [2.45, 2.75) is 77.0 Å². The van der Waals surface area contributed by atoms with Gasteiger partial charge >= 0.3 is 0 Å². The maximum absolute atomic E-state index is 12.8. The molecule has 1 atom stereocenters. The predicted octanol–water partition coefficient (Wildman–Crippen LogP) is 3.12. The van der Waals surface area contributed by atoms with Crippen LogP contribution in [0.5, 0.6) is 0 Å². The van der Waals surface area contributed by atoms with Crippen molar-refractivity contribution < 1.29 is 4.79 Å². The van der Waals surface area contributed by atoms with Gasteiger partial charge in [0.05, 0.1) is 6.04 Å². The van der Waals surface area contributed by atoms with Crippen LogP contribution in [0, 0.1) is 0 Å². The van der Waals surface area contributed by atoms with Crippen molar-refractivity contribution >= 4 is 11.5 Å². The predicted molar refractivity (Wildman–Crippen MR) is 99.9 cm³/mol.